The topological polar surface area (TPSA) is 95.1 Å². The lowest BCUT2D eigenvalue weighted by atomic mass is 10.1. The summed E-state index contributed by atoms with van der Waals surface area (Å²) in [6.45, 7) is 0. The maximum atomic E-state index is 12.6. The molecule has 0 spiro atoms. The van der Waals surface area contributed by atoms with E-state index in [0.29, 0.717) is 10.9 Å². The van der Waals surface area contributed by atoms with Crippen LogP contribution in [0, 0.1) is 0 Å². The Morgan fingerprint density at radius 3 is 2.52 bits per heavy atom. The number of H-pyrrole nitrogens is 1. The van der Waals surface area contributed by atoms with Gasteiger partial charge in [0.25, 0.3) is 5.91 Å². The van der Waals surface area contributed by atoms with Crippen molar-refractivity contribution in [2.45, 2.75) is 0 Å². The van der Waals surface area contributed by atoms with E-state index in [4.69, 9.17) is 0 Å². The lowest BCUT2D eigenvalue weighted by molar-refractivity contribution is 0.0692. The minimum Gasteiger partial charge on any atom is -0.477 e. The summed E-state index contributed by atoms with van der Waals surface area (Å²) in [4.78, 5) is 31.1. The number of anilines is 1. The van der Waals surface area contributed by atoms with Gasteiger partial charge in [0.2, 0.25) is 0 Å². The van der Waals surface area contributed by atoms with Gasteiger partial charge in [-0.1, -0.05) is 42.5 Å². The van der Waals surface area contributed by atoms with E-state index in [2.05, 4.69) is 15.3 Å². The van der Waals surface area contributed by atoms with E-state index in [0.717, 1.165) is 10.8 Å². The van der Waals surface area contributed by atoms with Crippen molar-refractivity contribution in [3.05, 3.63) is 72.2 Å². The van der Waals surface area contributed by atoms with Gasteiger partial charge in [-0.25, -0.2) is 4.79 Å². The highest BCUT2D eigenvalue weighted by atomic mass is 16.4. The Labute approximate surface area is 142 Å². The molecule has 1 amide bonds. The molecule has 2 heterocycles. The standard InChI is InChI=1S/C19H13N3O3/c23-18(15-9-11-5-1-2-6-12(11)10-20-15)22-16-13-7-3-4-8-14(13)21-17(16)19(24)25/h1-10,21H,(H,22,23)(H,24,25). The second-order valence-electron chi connectivity index (χ2n) is 5.60. The molecule has 0 radical (unpaired) electrons. The summed E-state index contributed by atoms with van der Waals surface area (Å²) in [5.41, 5.74) is 1.04. The first-order valence-electron chi connectivity index (χ1n) is 7.63. The molecule has 0 aliphatic rings. The number of nitrogens with zero attached hydrogens (tertiary/aromatic N) is 1. The van der Waals surface area contributed by atoms with Gasteiger partial charge in [0, 0.05) is 22.5 Å². The maximum absolute atomic E-state index is 12.6. The van der Waals surface area contributed by atoms with E-state index in [-0.39, 0.29) is 17.1 Å². The Bertz CT molecular complexity index is 1130. The third-order valence-corrected chi connectivity index (χ3v) is 4.02. The number of pyridine rings is 1. The molecule has 4 rings (SSSR count). The van der Waals surface area contributed by atoms with E-state index in [1.165, 1.54) is 0 Å². The summed E-state index contributed by atoms with van der Waals surface area (Å²) in [6.07, 6.45) is 1.62. The monoisotopic (exact) mass is 331 g/mol. The summed E-state index contributed by atoms with van der Waals surface area (Å²) in [6, 6.07) is 16.3. The van der Waals surface area contributed by atoms with Crippen LogP contribution in [0.15, 0.2) is 60.8 Å². The van der Waals surface area contributed by atoms with Gasteiger partial charge in [0.15, 0.2) is 0 Å². The quantitative estimate of drug-likeness (QED) is 0.534. The van der Waals surface area contributed by atoms with Crippen molar-refractivity contribution in [2.24, 2.45) is 0 Å². The molecule has 2 aromatic heterocycles. The molecule has 0 fully saturated rings. The minimum absolute atomic E-state index is 0.0599. The van der Waals surface area contributed by atoms with Gasteiger partial charge in [-0.05, 0) is 17.5 Å². The second-order valence-corrected chi connectivity index (χ2v) is 5.60. The van der Waals surface area contributed by atoms with Crippen molar-refractivity contribution in [3.63, 3.8) is 0 Å². The SMILES string of the molecule is O=C(Nc1c(C(=O)O)[nH]c2ccccc12)c1cc2ccccc2cn1. The number of carbonyl (C=O) groups is 2. The third-order valence-electron chi connectivity index (χ3n) is 4.02. The van der Waals surface area contributed by atoms with E-state index >= 15 is 0 Å². The predicted molar refractivity (Wildman–Crippen MR) is 95.0 cm³/mol. The van der Waals surface area contributed by atoms with Gasteiger partial charge in [-0.2, -0.15) is 0 Å². The molecule has 2 aromatic carbocycles. The second kappa shape index (κ2) is 5.76. The van der Waals surface area contributed by atoms with Crippen molar-refractivity contribution < 1.29 is 14.7 Å². The molecule has 6 nitrogen and oxygen atoms in total. The minimum atomic E-state index is -1.14. The number of benzene rings is 2. The molecule has 3 N–H and O–H groups in total. The average molecular weight is 331 g/mol. The highest BCUT2D eigenvalue weighted by molar-refractivity contribution is 6.14. The van der Waals surface area contributed by atoms with Crippen molar-refractivity contribution >= 4 is 39.2 Å². The molecule has 0 aliphatic carbocycles. The Morgan fingerprint density at radius 2 is 1.72 bits per heavy atom. The van der Waals surface area contributed by atoms with E-state index in [1.807, 2.05) is 24.3 Å². The van der Waals surface area contributed by atoms with Gasteiger partial charge < -0.3 is 15.4 Å². The van der Waals surface area contributed by atoms with Gasteiger partial charge in [0.1, 0.15) is 11.4 Å². The molecule has 0 aliphatic heterocycles. The molecule has 6 heteroatoms. The number of aromatic nitrogens is 2. The lowest BCUT2D eigenvalue weighted by Crippen LogP contribution is -2.15. The largest absolute Gasteiger partial charge is 0.477 e. The normalized spacial score (nSPS) is 10.9. The molecule has 0 atom stereocenters. The zero-order valence-corrected chi connectivity index (χ0v) is 13.0. The van der Waals surface area contributed by atoms with Crippen molar-refractivity contribution in [3.8, 4) is 0 Å². The number of aromatic amines is 1. The molecule has 25 heavy (non-hydrogen) atoms. The van der Waals surface area contributed by atoms with Crippen LogP contribution in [0.2, 0.25) is 0 Å². The van der Waals surface area contributed by atoms with Crippen molar-refractivity contribution in [1.29, 1.82) is 0 Å². The van der Waals surface area contributed by atoms with Crippen LogP contribution in [0.5, 0.6) is 0 Å². The van der Waals surface area contributed by atoms with Crippen LogP contribution in [-0.4, -0.2) is 27.0 Å². The zero-order valence-electron chi connectivity index (χ0n) is 13.0. The molecular formula is C19H13N3O3. The molecule has 0 bridgehead atoms. The van der Waals surface area contributed by atoms with Gasteiger partial charge in [-0.3, -0.25) is 9.78 Å². The van der Waals surface area contributed by atoms with Crippen LogP contribution in [0.1, 0.15) is 21.0 Å². The number of carbonyl (C=O) groups excluding carboxylic acids is 1. The van der Waals surface area contributed by atoms with E-state index in [1.54, 1.807) is 36.5 Å². The fraction of sp³-hybridized carbons (Fsp3) is 0. The van der Waals surface area contributed by atoms with Crippen molar-refractivity contribution in [1.82, 2.24) is 9.97 Å². The molecular weight excluding hydrogens is 318 g/mol. The first-order valence-corrected chi connectivity index (χ1v) is 7.63. The van der Waals surface area contributed by atoms with E-state index in [9.17, 15) is 14.7 Å². The lowest BCUT2D eigenvalue weighted by Gasteiger charge is -2.06. The Hall–Kier alpha value is -3.67. The number of hydrogen-bond acceptors (Lipinski definition) is 3. The Kier molecular flexibility index (Phi) is 3.43. The van der Waals surface area contributed by atoms with Crippen LogP contribution in [0.3, 0.4) is 0 Å². The van der Waals surface area contributed by atoms with Crippen LogP contribution in [-0.2, 0) is 0 Å². The molecule has 0 unspecified atom stereocenters. The predicted octanol–water partition coefficient (Wildman–Crippen LogP) is 3.67. The molecule has 4 aromatic rings. The smallest absolute Gasteiger partial charge is 0.354 e. The summed E-state index contributed by atoms with van der Waals surface area (Å²) in [5, 5.41) is 14.5. The average Bonchev–Trinajstić information content (AvgIpc) is 3.00. The fourth-order valence-electron chi connectivity index (χ4n) is 2.82. The van der Waals surface area contributed by atoms with Crippen LogP contribution >= 0.6 is 0 Å². The van der Waals surface area contributed by atoms with Gasteiger partial charge >= 0.3 is 5.97 Å². The van der Waals surface area contributed by atoms with Crippen LogP contribution < -0.4 is 5.32 Å². The van der Waals surface area contributed by atoms with Gasteiger partial charge in [-0.15, -0.1) is 0 Å². The number of hydrogen-bond donors (Lipinski definition) is 3. The summed E-state index contributed by atoms with van der Waals surface area (Å²) in [7, 11) is 0. The number of nitrogens with one attached hydrogen (secondary N) is 2. The number of aromatic carboxylic acids is 1. The highest BCUT2D eigenvalue weighted by Crippen LogP contribution is 2.28. The highest BCUT2D eigenvalue weighted by Gasteiger charge is 2.20. The number of fused-ring (bicyclic) bond motifs is 2. The Morgan fingerprint density at radius 1 is 1.00 bits per heavy atom. The van der Waals surface area contributed by atoms with Crippen LogP contribution in [0.25, 0.3) is 21.7 Å². The van der Waals surface area contributed by atoms with E-state index < -0.39 is 11.9 Å². The first-order chi connectivity index (χ1) is 12.1. The van der Waals surface area contributed by atoms with Crippen molar-refractivity contribution in [2.75, 3.05) is 5.32 Å². The number of amides is 1. The summed E-state index contributed by atoms with van der Waals surface area (Å²) in [5.74, 6) is -1.60. The number of para-hydroxylation sites is 1. The molecule has 0 saturated heterocycles. The van der Waals surface area contributed by atoms with Gasteiger partial charge in [0.05, 0.1) is 5.69 Å². The number of rotatable bonds is 3. The summed E-state index contributed by atoms with van der Waals surface area (Å²) < 4.78 is 0. The zero-order chi connectivity index (χ0) is 17.4. The molecule has 122 valence electrons. The number of carboxylic acid groups (broad SMARTS) is 1. The number of carboxylic acids is 1. The first kappa shape index (κ1) is 14.9. The molecule has 0 saturated carbocycles. The Balaban J connectivity index is 1.76. The summed E-state index contributed by atoms with van der Waals surface area (Å²) >= 11 is 0. The third kappa shape index (κ3) is 2.59. The van der Waals surface area contributed by atoms with Crippen LogP contribution in [0.4, 0.5) is 5.69 Å². The fourth-order valence-corrected chi connectivity index (χ4v) is 2.82. The maximum Gasteiger partial charge on any atom is 0.354 e.